The molecule has 0 aromatic heterocycles. The summed E-state index contributed by atoms with van der Waals surface area (Å²) >= 11 is 0. The highest BCUT2D eigenvalue weighted by Crippen LogP contribution is 2.38. The lowest BCUT2D eigenvalue weighted by Gasteiger charge is -2.41. The number of hydrogen-bond acceptors (Lipinski definition) is 2. The SMILES string of the molecule is CCNCC1(OCC(F)F)CCC(C(C)C)CC1. The van der Waals surface area contributed by atoms with Crippen LogP contribution in [0.1, 0.15) is 46.5 Å². The molecule has 0 saturated heterocycles. The highest BCUT2D eigenvalue weighted by molar-refractivity contribution is 4.90. The molecule has 0 aromatic rings. The van der Waals surface area contributed by atoms with Crippen molar-refractivity contribution in [2.75, 3.05) is 19.7 Å². The fourth-order valence-electron chi connectivity index (χ4n) is 2.80. The van der Waals surface area contributed by atoms with Gasteiger partial charge in [0.25, 0.3) is 6.43 Å². The van der Waals surface area contributed by atoms with Gasteiger partial charge in [0.1, 0.15) is 6.61 Å². The molecule has 0 spiro atoms. The van der Waals surface area contributed by atoms with Crippen molar-refractivity contribution in [1.82, 2.24) is 5.32 Å². The van der Waals surface area contributed by atoms with Gasteiger partial charge in [0.05, 0.1) is 5.60 Å². The Hall–Kier alpha value is -0.220. The summed E-state index contributed by atoms with van der Waals surface area (Å²) in [5, 5.41) is 3.26. The largest absolute Gasteiger partial charge is 0.368 e. The molecular formula is C14H27F2NO. The van der Waals surface area contributed by atoms with Crippen LogP contribution in [0.4, 0.5) is 8.78 Å². The van der Waals surface area contributed by atoms with Gasteiger partial charge in [-0.2, -0.15) is 0 Å². The third kappa shape index (κ3) is 4.81. The molecule has 0 aliphatic heterocycles. The Morgan fingerprint density at radius 2 is 1.89 bits per heavy atom. The summed E-state index contributed by atoms with van der Waals surface area (Å²) in [6.07, 6.45) is 1.61. The molecule has 1 aliphatic carbocycles. The van der Waals surface area contributed by atoms with Crippen molar-refractivity contribution in [3.63, 3.8) is 0 Å². The van der Waals surface area contributed by atoms with Gasteiger partial charge in [-0.3, -0.25) is 0 Å². The van der Waals surface area contributed by atoms with Crippen LogP contribution in [0.2, 0.25) is 0 Å². The normalized spacial score (nSPS) is 29.2. The van der Waals surface area contributed by atoms with E-state index in [1.54, 1.807) is 0 Å². The van der Waals surface area contributed by atoms with Crippen molar-refractivity contribution >= 4 is 0 Å². The zero-order valence-corrected chi connectivity index (χ0v) is 11.8. The molecule has 2 nitrogen and oxygen atoms in total. The second kappa shape index (κ2) is 7.39. The fourth-order valence-corrected chi connectivity index (χ4v) is 2.80. The van der Waals surface area contributed by atoms with Gasteiger partial charge in [-0.05, 0) is 44.1 Å². The van der Waals surface area contributed by atoms with E-state index in [9.17, 15) is 8.78 Å². The highest BCUT2D eigenvalue weighted by atomic mass is 19.3. The van der Waals surface area contributed by atoms with E-state index in [4.69, 9.17) is 4.74 Å². The molecule has 0 bridgehead atoms. The Morgan fingerprint density at radius 3 is 2.33 bits per heavy atom. The predicted octanol–water partition coefficient (Wildman–Crippen LogP) is 3.46. The zero-order chi connectivity index (χ0) is 13.6. The Morgan fingerprint density at radius 1 is 1.28 bits per heavy atom. The summed E-state index contributed by atoms with van der Waals surface area (Å²) in [7, 11) is 0. The summed E-state index contributed by atoms with van der Waals surface area (Å²) in [6.45, 7) is 7.62. The molecule has 0 amide bonds. The maximum absolute atomic E-state index is 12.3. The number of likely N-dealkylation sites (N-methyl/N-ethyl adjacent to an activating group) is 1. The molecule has 108 valence electrons. The average Bonchev–Trinajstić information content (AvgIpc) is 2.35. The Labute approximate surface area is 109 Å². The maximum Gasteiger partial charge on any atom is 0.261 e. The van der Waals surface area contributed by atoms with E-state index in [-0.39, 0.29) is 5.60 Å². The van der Waals surface area contributed by atoms with E-state index < -0.39 is 13.0 Å². The summed E-state index contributed by atoms with van der Waals surface area (Å²) in [4.78, 5) is 0. The third-order valence-electron chi connectivity index (χ3n) is 4.10. The molecule has 0 atom stereocenters. The van der Waals surface area contributed by atoms with Crippen LogP contribution in [0.25, 0.3) is 0 Å². The van der Waals surface area contributed by atoms with E-state index >= 15 is 0 Å². The lowest BCUT2D eigenvalue weighted by Crippen LogP contribution is -2.47. The number of halogens is 2. The number of hydrogen-bond donors (Lipinski definition) is 1. The van der Waals surface area contributed by atoms with Crippen LogP contribution in [-0.4, -0.2) is 31.7 Å². The second-order valence-electron chi connectivity index (χ2n) is 5.75. The van der Waals surface area contributed by atoms with E-state index in [1.807, 2.05) is 6.92 Å². The quantitative estimate of drug-likeness (QED) is 0.759. The molecule has 1 saturated carbocycles. The van der Waals surface area contributed by atoms with Gasteiger partial charge in [-0.25, -0.2) is 8.78 Å². The zero-order valence-electron chi connectivity index (χ0n) is 11.8. The van der Waals surface area contributed by atoms with Crippen LogP contribution in [0.15, 0.2) is 0 Å². The van der Waals surface area contributed by atoms with Crippen LogP contribution < -0.4 is 5.32 Å². The van der Waals surface area contributed by atoms with Gasteiger partial charge < -0.3 is 10.1 Å². The monoisotopic (exact) mass is 263 g/mol. The molecule has 1 N–H and O–H groups in total. The number of nitrogens with one attached hydrogen (secondary N) is 1. The van der Waals surface area contributed by atoms with E-state index in [0.717, 1.165) is 38.1 Å². The van der Waals surface area contributed by atoms with Gasteiger partial charge in [0.15, 0.2) is 0 Å². The molecule has 0 heterocycles. The summed E-state index contributed by atoms with van der Waals surface area (Å²) in [5.41, 5.74) is -0.363. The van der Waals surface area contributed by atoms with Crippen LogP contribution in [0.5, 0.6) is 0 Å². The molecule has 4 heteroatoms. The van der Waals surface area contributed by atoms with E-state index in [2.05, 4.69) is 19.2 Å². The molecule has 1 fully saturated rings. The van der Waals surface area contributed by atoms with Crippen LogP contribution >= 0.6 is 0 Å². The maximum atomic E-state index is 12.3. The average molecular weight is 263 g/mol. The number of alkyl halides is 2. The smallest absolute Gasteiger partial charge is 0.261 e. The van der Waals surface area contributed by atoms with Crippen LogP contribution in [0, 0.1) is 11.8 Å². The van der Waals surface area contributed by atoms with Gasteiger partial charge in [0, 0.05) is 6.54 Å². The van der Waals surface area contributed by atoms with Crippen molar-refractivity contribution in [1.29, 1.82) is 0 Å². The standard InChI is InChI=1S/C14H27F2NO/c1-4-17-10-14(18-9-13(15)16)7-5-12(6-8-14)11(2)3/h11-13,17H,4-10H2,1-3H3. The topological polar surface area (TPSA) is 21.3 Å². The van der Waals surface area contributed by atoms with E-state index in [1.165, 1.54) is 0 Å². The first kappa shape index (κ1) is 15.8. The van der Waals surface area contributed by atoms with Gasteiger partial charge in [-0.15, -0.1) is 0 Å². The minimum Gasteiger partial charge on any atom is -0.368 e. The summed E-state index contributed by atoms with van der Waals surface area (Å²) < 4.78 is 30.2. The minimum atomic E-state index is -2.37. The van der Waals surface area contributed by atoms with Crippen molar-refractivity contribution in [2.45, 2.75) is 58.5 Å². The Balaban J connectivity index is 2.52. The van der Waals surface area contributed by atoms with Crippen molar-refractivity contribution in [2.24, 2.45) is 11.8 Å². The first-order chi connectivity index (χ1) is 8.49. The summed E-state index contributed by atoms with van der Waals surface area (Å²) in [6, 6.07) is 0. The van der Waals surface area contributed by atoms with Crippen molar-refractivity contribution < 1.29 is 13.5 Å². The van der Waals surface area contributed by atoms with Gasteiger partial charge in [0.2, 0.25) is 0 Å². The molecular weight excluding hydrogens is 236 g/mol. The lowest BCUT2D eigenvalue weighted by atomic mass is 9.74. The first-order valence-electron chi connectivity index (χ1n) is 7.12. The van der Waals surface area contributed by atoms with E-state index in [0.29, 0.717) is 12.5 Å². The Kier molecular flexibility index (Phi) is 6.50. The van der Waals surface area contributed by atoms with Gasteiger partial charge >= 0.3 is 0 Å². The molecule has 0 unspecified atom stereocenters. The first-order valence-corrected chi connectivity index (χ1v) is 7.12. The Bertz CT molecular complexity index is 226. The predicted molar refractivity (Wildman–Crippen MR) is 70.0 cm³/mol. The van der Waals surface area contributed by atoms with Crippen LogP contribution in [-0.2, 0) is 4.74 Å². The number of ether oxygens (including phenoxy) is 1. The lowest BCUT2D eigenvalue weighted by molar-refractivity contribution is -0.112. The molecule has 18 heavy (non-hydrogen) atoms. The highest BCUT2D eigenvalue weighted by Gasteiger charge is 2.37. The second-order valence-corrected chi connectivity index (χ2v) is 5.75. The van der Waals surface area contributed by atoms with Crippen molar-refractivity contribution in [3.8, 4) is 0 Å². The molecule has 1 rings (SSSR count). The van der Waals surface area contributed by atoms with Gasteiger partial charge in [-0.1, -0.05) is 20.8 Å². The molecule has 1 aliphatic rings. The minimum absolute atomic E-state index is 0.363. The molecule has 0 radical (unpaired) electrons. The summed E-state index contributed by atoms with van der Waals surface area (Å²) in [5.74, 6) is 1.40. The molecule has 0 aromatic carbocycles. The third-order valence-corrected chi connectivity index (χ3v) is 4.10. The van der Waals surface area contributed by atoms with Crippen LogP contribution in [0.3, 0.4) is 0 Å². The van der Waals surface area contributed by atoms with Crippen molar-refractivity contribution in [3.05, 3.63) is 0 Å². The fraction of sp³-hybridized carbons (Fsp3) is 1.00. The number of rotatable bonds is 7.